The van der Waals surface area contributed by atoms with Gasteiger partial charge in [0.15, 0.2) is 0 Å². The molecule has 4 nitrogen and oxygen atoms in total. The highest BCUT2D eigenvalue weighted by Crippen LogP contribution is 2.35. The molecule has 0 radical (unpaired) electrons. The Bertz CT molecular complexity index is 1350. The molecule has 0 atom stereocenters. The molecule has 144 valence electrons. The van der Waals surface area contributed by atoms with Crippen LogP contribution in [-0.2, 0) is 4.79 Å². The maximum atomic E-state index is 12.9. The number of hydrogen-bond acceptors (Lipinski definition) is 3. The fourth-order valence-corrected chi connectivity index (χ4v) is 3.89. The van der Waals surface area contributed by atoms with Crippen LogP contribution < -0.4 is 4.90 Å². The van der Waals surface area contributed by atoms with E-state index in [-0.39, 0.29) is 11.7 Å². The summed E-state index contributed by atoms with van der Waals surface area (Å²) in [6.07, 6.45) is 3.63. The number of rotatable bonds is 2. The fraction of sp³-hybridized carbons (Fsp3) is 0.0385. The van der Waals surface area contributed by atoms with Crippen LogP contribution in [0.5, 0.6) is 0 Å². The van der Waals surface area contributed by atoms with E-state index in [1.54, 1.807) is 18.2 Å². The van der Waals surface area contributed by atoms with Crippen LogP contribution in [0.15, 0.2) is 90.8 Å². The number of allylic oxidation sites excluding steroid dienone is 1. The van der Waals surface area contributed by atoms with Crippen molar-refractivity contribution in [2.24, 2.45) is 0 Å². The molecular weight excluding hydrogens is 372 g/mol. The van der Waals surface area contributed by atoms with E-state index in [9.17, 15) is 9.59 Å². The average Bonchev–Trinajstić information content (AvgIpc) is 3.05. The van der Waals surface area contributed by atoms with Gasteiger partial charge in [0, 0.05) is 29.6 Å². The first-order chi connectivity index (χ1) is 14.6. The van der Waals surface area contributed by atoms with Crippen molar-refractivity contribution < 1.29 is 9.59 Å². The van der Waals surface area contributed by atoms with Crippen LogP contribution in [0.4, 0.5) is 5.69 Å². The first-order valence-electron chi connectivity index (χ1n) is 9.73. The molecule has 2 heterocycles. The van der Waals surface area contributed by atoms with Crippen molar-refractivity contribution in [1.82, 2.24) is 4.98 Å². The van der Waals surface area contributed by atoms with Crippen molar-refractivity contribution in [3.05, 3.63) is 102 Å². The number of benzene rings is 3. The number of amides is 1. The Morgan fingerprint density at radius 1 is 0.900 bits per heavy atom. The molecule has 5 rings (SSSR count). The van der Waals surface area contributed by atoms with Crippen molar-refractivity contribution in [1.29, 1.82) is 0 Å². The average molecular weight is 390 g/mol. The zero-order chi connectivity index (χ0) is 20.7. The first kappa shape index (κ1) is 18.0. The number of Topliss-reactive ketones (excluding diaryl/α,β-unsaturated/α-hetero) is 1. The number of fused-ring (bicyclic) bond motifs is 2. The second kappa shape index (κ2) is 7.08. The maximum Gasteiger partial charge on any atom is 0.228 e. The Labute approximate surface area is 174 Å². The summed E-state index contributed by atoms with van der Waals surface area (Å²) >= 11 is 0. The van der Waals surface area contributed by atoms with E-state index in [0.717, 1.165) is 27.6 Å². The molecule has 0 bridgehead atoms. The number of aromatic nitrogens is 1. The third-order valence-corrected chi connectivity index (χ3v) is 5.29. The number of carbonyl (C=O) groups is 2. The van der Waals surface area contributed by atoms with E-state index in [1.807, 2.05) is 66.9 Å². The number of anilines is 1. The summed E-state index contributed by atoms with van der Waals surface area (Å²) in [6, 6.07) is 25.2. The van der Waals surface area contributed by atoms with Gasteiger partial charge >= 0.3 is 0 Å². The number of carbonyl (C=O) groups excluding carboxylic acids is 2. The Kier molecular flexibility index (Phi) is 4.25. The number of nitrogens with zero attached hydrogens (tertiary/aromatic N) is 2. The van der Waals surface area contributed by atoms with E-state index in [0.29, 0.717) is 16.9 Å². The van der Waals surface area contributed by atoms with Gasteiger partial charge in [-0.3, -0.25) is 19.5 Å². The smallest absolute Gasteiger partial charge is 0.228 e. The predicted molar refractivity (Wildman–Crippen MR) is 119 cm³/mol. The zero-order valence-corrected chi connectivity index (χ0v) is 16.4. The van der Waals surface area contributed by atoms with Crippen LogP contribution in [0, 0.1) is 0 Å². The largest absolute Gasteiger partial charge is 0.287 e. The van der Waals surface area contributed by atoms with Crippen LogP contribution in [0.3, 0.4) is 0 Å². The van der Waals surface area contributed by atoms with E-state index < -0.39 is 0 Å². The zero-order valence-electron chi connectivity index (χ0n) is 16.4. The highest BCUT2D eigenvalue weighted by molar-refractivity contribution is 6.26. The summed E-state index contributed by atoms with van der Waals surface area (Å²) in [7, 11) is 0. The van der Waals surface area contributed by atoms with E-state index in [4.69, 9.17) is 0 Å². The summed E-state index contributed by atoms with van der Waals surface area (Å²) in [5.41, 5.74) is 5.36. The van der Waals surface area contributed by atoms with Crippen LogP contribution in [0.2, 0.25) is 0 Å². The standard InChI is InChI=1S/C26H18N2O2/c1-17(29)28-24-12-5-3-10-22(24)26(30)25(28)14-18-7-6-9-19(13-18)21-15-20-8-2-4-11-23(20)27-16-21/h2-16H,1H3/b25-14+. The third-order valence-electron chi connectivity index (χ3n) is 5.29. The molecule has 0 N–H and O–H groups in total. The number of pyridine rings is 1. The number of hydrogen-bond donors (Lipinski definition) is 0. The summed E-state index contributed by atoms with van der Waals surface area (Å²) in [5.74, 6) is -0.326. The molecule has 4 aromatic rings. The molecule has 0 fully saturated rings. The molecule has 3 aromatic carbocycles. The lowest BCUT2D eigenvalue weighted by atomic mass is 10.0. The number of para-hydroxylation sites is 2. The van der Waals surface area contributed by atoms with Crippen molar-refractivity contribution in [3.63, 3.8) is 0 Å². The molecule has 1 aromatic heterocycles. The summed E-state index contributed by atoms with van der Waals surface area (Å²) < 4.78 is 0. The quantitative estimate of drug-likeness (QED) is 0.425. The van der Waals surface area contributed by atoms with Crippen molar-refractivity contribution in [2.45, 2.75) is 6.92 Å². The van der Waals surface area contributed by atoms with E-state index in [1.165, 1.54) is 11.8 Å². The van der Waals surface area contributed by atoms with Gasteiger partial charge in [-0.05, 0) is 47.5 Å². The molecule has 0 spiro atoms. The van der Waals surface area contributed by atoms with Crippen molar-refractivity contribution in [3.8, 4) is 11.1 Å². The van der Waals surface area contributed by atoms with Crippen LogP contribution in [-0.4, -0.2) is 16.7 Å². The summed E-state index contributed by atoms with van der Waals surface area (Å²) in [5, 5.41) is 1.07. The van der Waals surface area contributed by atoms with Crippen LogP contribution in [0.1, 0.15) is 22.8 Å². The van der Waals surface area contributed by atoms with Gasteiger partial charge in [-0.1, -0.05) is 48.5 Å². The molecule has 0 unspecified atom stereocenters. The van der Waals surface area contributed by atoms with Gasteiger partial charge in [0.1, 0.15) is 0 Å². The molecule has 1 aliphatic heterocycles. The highest BCUT2D eigenvalue weighted by Gasteiger charge is 2.34. The van der Waals surface area contributed by atoms with Gasteiger partial charge in [0.05, 0.1) is 16.9 Å². The Morgan fingerprint density at radius 2 is 1.70 bits per heavy atom. The maximum absolute atomic E-state index is 12.9. The van der Waals surface area contributed by atoms with Gasteiger partial charge in [-0.25, -0.2) is 0 Å². The summed E-state index contributed by atoms with van der Waals surface area (Å²) in [6.45, 7) is 1.47. The van der Waals surface area contributed by atoms with Gasteiger partial charge in [-0.15, -0.1) is 0 Å². The minimum atomic E-state index is -0.186. The SMILES string of the molecule is CC(=O)N1/C(=C/c2cccc(-c3cnc4ccccc4c3)c2)C(=O)c2ccccc21. The molecule has 4 heteroatoms. The second-order valence-corrected chi connectivity index (χ2v) is 7.27. The van der Waals surface area contributed by atoms with Gasteiger partial charge in [-0.2, -0.15) is 0 Å². The monoisotopic (exact) mass is 390 g/mol. The Balaban J connectivity index is 1.58. The third kappa shape index (κ3) is 2.99. The highest BCUT2D eigenvalue weighted by atomic mass is 16.2. The lowest BCUT2D eigenvalue weighted by molar-refractivity contribution is -0.116. The van der Waals surface area contributed by atoms with E-state index >= 15 is 0 Å². The van der Waals surface area contributed by atoms with Gasteiger partial charge < -0.3 is 0 Å². The Morgan fingerprint density at radius 3 is 2.57 bits per heavy atom. The topological polar surface area (TPSA) is 50.3 Å². The van der Waals surface area contributed by atoms with Gasteiger partial charge in [0.2, 0.25) is 11.7 Å². The molecule has 0 aliphatic carbocycles. The minimum Gasteiger partial charge on any atom is -0.287 e. The predicted octanol–water partition coefficient (Wildman–Crippen LogP) is 5.49. The van der Waals surface area contributed by atoms with Gasteiger partial charge in [0.25, 0.3) is 0 Å². The molecule has 0 saturated heterocycles. The first-order valence-corrected chi connectivity index (χ1v) is 9.73. The lowest BCUT2D eigenvalue weighted by Gasteiger charge is -2.16. The van der Waals surface area contributed by atoms with Crippen molar-refractivity contribution >= 4 is 34.4 Å². The Hall–Kier alpha value is -4.05. The van der Waals surface area contributed by atoms with E-state index in [2.05, 4.69) is 11.1 Å². The summed E-state index contributed by atoms with van der Waals surface area (Å²) in [4.78, 5) is 31.3. The molecule has 1 aliphatic rings. The molecule has 1 amide bonds. The number of ketones is 1. The molecular formula is C26H18N2O2. The molecule has 0 saturated carbocycles. The lowest BCUT2D eigenvalue weighted by Crippen LogP contribution is -2.25. The second-order valence-electron chi connectivity index (χ2n) is 7.27. The van der Waals surface area contributed by atoms with Crippen LogP contribution >= 0.6 is 0 Å². The van der Waals surface area contributed by atoms with Crippen LogP contribution in [0.25, 0.3) is 28.1 Å². The normalized spacial score (nSPS) is 14.4. The fourth-order valence-electron chi connectivity index (χ4n) is 3.89. The van der Waals surface area contributed by atoms with Crippen molar-refractivity contribution in [2.75, 3.05) is 4.90 Å². The molecule has 30 heavy (non-hydrogen) atoms. The minimum absolute atomic E-state index is 0.140.